The van der Waals surface area contributed by atoms with E-state index in [-0.39, 0.29) is 11.7 Å². The minimum atomic E-state index is -0.726. The summed E-state index contributed by atoms with van der Waals surface area (Å²) < 4.78 is 6.95. The fourth-order valence-electron chi connectivity index (χ4n) is 3.62. The van der Waals surface area contributed by atoms with Crippen molar-refractivity contribution in [3.63, 3.8) is 0 Å². The van der Waals surface area contributed by atoms with Crippen LogP contribution in [0.2, 0.25) is 0 Å². The van der Waals surface area contributed by atoms with Gasteiger partial charge in [-0.1, -0.05) is 60.3 Å². The van der Waals surface area contributed by atoms with Gasteiger partial charge in [0.2, 0.25) is 11.1 Å². The molecule has 0 bridgehead atoms. The Bertz CT molecular complexity index is 1300. The molecule has 0 aliphatic heterocycles. The second-order valence-electron chi connectivity index (χ2n) is 7.46. The van der Waals surface area contributed by atoms with E-state index in [9.17, 15) is 9.59 Å². The summed E-state index contributed by atoms with van der Waals surface area (Å²) in [5, 5.41) is 12.7. The van der Waals surface area contributed by atoms with Crippen LogP contribution in [0.15, 0.2) is 59.8 Å². The normalized spacial score (nSPS) is 12.1. The van der Waals surface area contributed by atoms with Crippen molar-refractivity contribution in [2.45, 2.75) is 30.4 Å². The summed E-state index contributed by atoms with van der Waals surface area (Å²) in [4.78, 5) is 29.4. The predicted molar refractivity (Wildman–Crippen MR) is 136 cm³/mol. The Balaban J connectivity index is 1.38. The van der Waals surface area contributed by atoms with Gasteiger partial charge in [0.25, 0.3) is 0 Å². The lowest BCUT2D eigenvalue weighted by molar-refractivity contribution is -0.144. The van der Waals surface area contributed by atoms with Crippen molar-refractivity contribution in [3.8, 4) is 0 Å². The Morgan fingerprint density at radius 2 is 1.85 bits per heavy atom. The number of nitrogens with one attached hydrogen (secondary N) is 1. The molecule has 2 aromatic carbocycles. The Morgan fingerprint density at radius 3 is 2.62 bits per heavy atom. The molecule has 176 valence electrons. The molecule has 4 aromatic rings. The lowest BCUT2D eigenvalue weighted by atomic mass is 10.2. The highest BCUT2D eigenvalue weighted by Crippen LogP contribution is 2.27. The molecular formula is C24H25N5O3S2. The summed E-state index contributed by atoms with van der Waals surface area (Å²) in [7, 11) is 1.32. The molecule has 2 aromatic heterocycles. The van der Waals surface area contributed by atoms with Crippen molar-refractivity contribution in [2.24, 2.45) is 0 Å². The fraction of sp³-hybridized carbons (Fsp3) is 0.292. The first kappa shape index (κ1) is 24.0. The van der Waals surface area contributed by atoms with Gasteiger partial charge in [0.05, 0.1) is 18.4 Å². The summed E-state index contributed by atoms with van der Waals surface area (Å²) in [5.74, 6) is 0.463. The number of benzene rings is 2. The molecule has 0 aliphatic rings. The summed E-state index contributed by atoms with van der Waals surface area (Å²) in [6.45, 7) is 2.80. The molecule has 0 saturated heterocycles. The Morgan fingerprint density at radius 1 is 1.09 bits per heavy atom. The van der Waals surface area contributed by atoms with E-state index in [2.05, 4.69) is 32.0 Å². The van der Waals surface area contributed by atoms with Crippen molar-refractivity contribution in [2.75, 3.05) is 18.6 Å². The lowest BCUT2D eigenvalue weighted by Crippen LogP contribution is -2.44. The number of esters is 1. The number of aryl methyl sites for hydroxylation is 1. The molecular weight excluding hydrogens is 470 g/mol. The van der Waals surface area contributed by atoms with E-state index in [1.54, 1.807) is 11.8 Å². The number of nitrogens with zero attached hydrogens (tertiary/aromatic N) is 4. The van der Waals surface area contributed by atoms with Crippen LogP contribution >= 0.6 is 23.5 Å². The van der Waals surface area contributed by atoms with E-state index in [0.717, 1.165) is 39.9 Å². The summed E-state index contributed by atoms with van der Waals surface area (Å²) in [6.07, 6.45) is 0. The third-order valence-electron chi connectivity index (χ3n) is 5.22. The van der Waals surface area contributed by atoms with Crippen LogP contribution in [0.3, 0.4) is 0 Å². The number of carbonyl (C=O) groups is 2. The van der Waals surface area contributed by atoms with Crippen LogP contribution in [0, 0.1) is 0 Å². The molecule has 0 radical (unpaired) electrons. The van der Waals surface area contributed by atoms with Crippen LogP contribution in [0.5, 0.6) is 0 Å². The summed E-state index contributed by atoms with van der Waals surface area (Å²) >= 11 is 2.75. The second-order valence-corrected chi connectivity index (χ2v) is 9.43. The Hall–Kier alpha value is -3.11. The van der Waals surface area contributed by atoms with Gasteiger partial charge in [-0.05, 0) is 18.6 Å². The van der Waals surface area contributed by atoms with E-state index in [0.29, 0.717) is 10.9 Å². The number of amides is 1. The predicted octanol–water partition coefficient (Wildman–Crippen LogP) is 3.68. The molecule has 4 rings (SSSR count). The number of carbonyl (C=O) groups excluding carboxylic acids is 2. The van der Waals surface area contributed by atoms with Crippen LogP contribution in [-0.2, 0) is 26.6 Å². The van der Waals surface area contributed by atoms with E-state index < -0.39 is 12.0 Å². The topological polar surface area (TPSA) is 99.0 Å². The largest absolute Gasteiger partial charge is 0.467 e. The maximum atomic E-state index is 12.6. The van der Waals surface area contributed by atoms with Crippen LogP contribution in [0.1, 0.15) is 12.5 Å². The summed E-state index contributed by atoms with van der Waals surface area (Å²) in [6, 6.07) is 17.2. The van der Waals surface area contributed by atoms with E-state index >= 15 is 0 Å². The first-order valence-electron chi connectivity index (χ1n) is 10.8. The van der Waals surface area contributed by atoms with Crippen LogP contribution in [0.25, 0.3) is 22.1 Å². The molecule has 0 unspecified atom stereocenters. The van der Waals surface area contributed by atoms with Crippen molar-refractivity contribution in [3.05, 3.63) is 60.2 Å². The average molecular weight is 496 g/mol. The Kier molecular flexibility index (Phi) is 8.02. The third-order valence-corrected chi connectivity index (χ3v) is 7.16. The van der Waals surface area contributed by atoms with Gasteiger partial charge >= 0.3 is 5.97 Å². The smallest absolute Gasteiger partial charge is 0.329 e. The maximum Gasteiger partial charge on any atom is 0.329 e. The van der Waals surface area contributed by atoms with Crippen molar-refractivity contribution >= 4 is 57.5 Å². The van der Waals surface area contributed by atoms with Crippen LogP contribution in [-0.4, -0.2) is 56.3 Å². The number of rotatable bonds is 10. The zero-order valence-electron chi connectivity index (χ0n) is 18.9. The molecule has 1 amide bonds. The van der Waals surface area contributed by atoms with Gasteiger partial charge in [-0.3, -0.25) is 4.79 Å². The van der Waals surface area contributed by atoms with Gasteiger partial charge in [0.1, 0.15) is 11.6 Å². The molecule has 8 nitrogen and oxygen atoms in total. The number of para-hydroxylation sites is 1. The van der Waals surface area contributed by atoms with Crippen LogP contribution < -0.4 is 5.32 Å². The number of hydrogen-bond donors (Lipinski definition) is 1. The zero-order valence-corrected chi connectivity index (χ0v) is 20.6. The highest BCUT2D eigenvalue weighted by atomic mass is 32.2. The molecule has 0 fully saturated rings. The molecule has 34 heavy (non-hydrogen) atoms. The standard InChI is InChI=1S/C24H25N5O3S2/c1-3-29-19-12-8-7-11-17(19)21-22(29)26-24(28-27-21)34-15-20(30)25-18(23(31)32-2)14-33-13-16-9-5-4-6-10-16/h4-12,18H,3,13-15H2,1-2H3,(H,25,30)/t18-/m0/s1. The number of thioether (sulfide) groups is 2. The molecule has 0 saturated carbocycles. The first-order chi connectivity index (χ1) is 16.6. The zero-order chi connectivity index (χ0) is 23.9. The fourth-order valence-corrected chi connectivity index (χ4v) is 5.21. The molecule has 2 heterocycles. The maximum absolute atomic E-state index is 12.6. The van der Waals surface area contributed by atoms with Crippen molar-refractivity contribution in [1.82, 2.24) is 25.1 Å². The van der Waals surface area contributed by atoms with Crippen LogP contribution in [0.4, 0.5) is 0 Å². The quantitative estimate of drug-likeness (QED) is 0.263. The number of hydrogen-bond acceptors (Lipinski definition) is 8. The Labute approximate surface area is 205 Å². The monoisotopic (exact) mass is 495 g/mol. The van der Waals surface area contributed by atoms with E-state index in [4.69, 9.17) is 4.74 Å². The molecule has 1 N–H and O–H groups in total. The van der Waals surface area contributed by atoms with Crippen molar-refractivity contribution in [1.29, 1.82) is 0 Å². The molecule has 0 aliphatic carbocycles. The molecule has 0 spiro atoms. The minimum Gasteiger partial charge on any atom is -0.467 e. The number of aromatic nitrogens is 4. The van der Waals surface area contributed by atoms with E-state index in [1.165, 1.54) is 18.9 Å². The number of methoxy groups -OCH3 is 1. The average Bonchev–Trinajstić information content (AvgIpc) is 3.20. The van der Waals surface area contributed by atoms with Crippen molar-refractivity contribution < 1.29 is 14.3 Å². The highest BCUT2D eigenvalue weighted by Gasteiger charge is 2.22. The van der Waals surface area contributed by atoms with Gasteiger partial charge in [0, 0.05) is 23.4 Å². The van der Waals surface area contributed by atoms with Gasteiger partial charge in [-0.2, -0.15) is 11.8 Å². The van der Waals surface area contributed by atoms with Gasteiger partial charge < -0.3 is 14.6 Å². The van der Waals surface area contributed by atoms with Gasteiger partial charge in [-0.15, -0.1) is 10.2 Å². The third kappa shape index (κ3) is 5.51. The van der Waals surface area contributed by atoms with Gasteiger partial charge in [0.15, 0.2) is 5.65 Å². The number of ether oxygens (including phenoxy) is 1. The minimum absolute atomic E-state index is 0.0659. The SMILES string of the molecule is CCn1c2ccccc2c2nnc(SCC(=O)N[C@@H](CSCc3ccccc3)C(=O)OC)nc21. The second kappa shape index (κ2) is 11.3. The van der Waals surface area contributed by atoms with Gasteiger partial charge in [-0.25, -0.2) is 9.78 Å². The summed E-state index contributed by atoms with van der Waals surface area (Å²) in [5.41, 5.74) is 3.69. The van der Waals surface area contributed by atoms with E-state index in [1.807, 2.05) is 54.6 Å². The number of fused-ring (bicyclic) bond motifs is 3. The molecule has 10 heteroatoms. The highest BCUT2D eigenvalue weighted by molar-refractivity contribution is 7.99. The molecule has 1 atom stereocenters. The first-order valence-corrected chi connectivity index (χ1v) is 13.0. The lowest BCUT2D eigenvalue weighted by Gasteiger charge is -2.16.